The summed E-state index contributed by atoms with van der Waals surface area (Å²) in [4.78, 5) is 36.6. The van der Waals surface area contributed by atoms with E-state index in [1.54, 1.807) is 12.1 Å². The zero-order chi connectivity index (χ0) is 19.5. The Morgan fingerprint density at radius 1 is 1.04 bits per heavy atom. The molecule has 1 aliphatic heterocycles. The number of anilines is 1. The molecule has 0 bridgehead atoms. The highest BCUT2D eigenvalue weighted by Crippen LogP contribution is 2.27. The van der Waals surface area contributed by atoms with Gasteiger partial charge in [0, 0.05) is 24.6 Å². The predicted octanol–water partition coefficient (Wildman–Crippen LogP) is 2.82. The van der Waals surface area contributed by atoms with Crippen molar-refractivity contribution in [1.82, 2.24) is 5.32 Å². The van der Waals surface area contributed by atoms with Gasteiger partial charge in [-0.3, -0.25) is 9.59 Å². The zero-order valence-corrected chi connectivity index (χ0v) is 15.4. The third kappa shape index (κ3) is 3.91. The molecule has 1 fully saturated rings. The molecule has 0 saturated heterocycles. The van der Waals surface area contributed by atoms with E-state index in [0.717, 1.165) is 36.1 Å². The summed E-state index contributed by atoms with van der Waals surface area (Å²) in [5.41, 5.74) is 2.92. The molecule has 2 amide bonds. The molecule has 1 saturated carbocycles. The van der Waals surface area contributed by atoms with E-state index in [2.05, 4.69) is 10.6 Å². The van der Waals surface area contributed by atoms with Gasteiger partial charge in [0.2, 0.25) is 5.91 Å². The molecule has 1 heterocycles. The topological polar surface area (TPSA) is 84.5 Å². The first-order chi connectivity index (χ1) is 13.6. The van der Waals surface area contributed by atoms with Gasteiger partial charge >= 0.3 is 5.97 Å². The van der Waals surface area contributed by atoms with Crippen LogP contribution in [0.4, 0.5) is 5.69 Å². The number of amides is 2. The molecule has 6 heteroatoms. The van der Waals surface area contributed by atoms with Crippen LogP contribution in [0.1, 0.15) is 40.7 Å². The molecule has 1 atom stereocenters. The highest BCUT2D eigenvalue weighted by atomic mass is 16.5. The lowest BCUT2D eigenvalue weighted by molar-refractivity contribution is -0.130. The number of hydrogen-bond donors (Lipinski definition) is 2. The third-order valence-corrected chi connectivity index (χ3v) is 5.32. The molecule has 0 spiro atoms. The standard InChI is InChI=1S/C22H22N2O4/c25-20(15-7-4-8-15)24-17-9-3-5-14(11-17)13-23-21(26)19-12-16-6-1-2-10-18(16)22(27)28-19/h1-3,5-6,9-11,15,19H,4,7-8,12-13H2,(H,23,26)(H,24,25). The summed E-state index contributed by atoms with van der Waals surface area (Å²) < 4.78 is 5.28. The zero-order valence-electron chi connectivity index (χ0n) is 15.4. The average molecular weight is 378 g/mol. The van der Waals surface area contributed by atoms with Gasteiger partial charge in [-0.2, -0.15) is 0 Å². The Hall–Kier alpha value is -3.15. The number of cyclic esters (lactones) is 1. The number of carbonyl (C=O) groups excluding carboxylic acids is 3. The summed E-state index contributed by atoms with van der Waals surface area (Å²) in [7, 11) is 0. The molecular weight excluding hydrogens is 356 g/mol. The molecule has 28 heavy (non-hydrogen) atoms. The average Bonchev–Trinajstić information content (AvgIpc) is 2.65. The quantitative estimate of drug-likeness (QED) is 0.784. The van der Waals surface area contributed by atoms with Crippen molar-refractivity contribution in [2.75, 3.05) is 5.32 Å². The van der Waals surface area contributed by atoms with E-state index in [1.165, 1.54) is 0 Å². The first kappa shape index (κ1) is 18.2. The highest BCUT2D eigenvalue weighted by molar-refractivity contribution is 5.96. The molecule has 2 N–H and O–H groups in total. The lowest BCUT2D eigenvalue weighted by atomic mass is 9.85. The maximum Gasteiger partial charge on any atom is 0.339 e. The van der Waals surface area contributed by atoms with Crippen LogP contribution in [-0.2, 0) is 27.3 Å². The van der Waals surface area contributed by atoms with Crippen molar-refractivity contribution in [3.8, 4) is 0 Å². The first-order valence-corrected chi connectivity index (χ1v) is 9.56. The Balaban J connectivity index is 1.34. The minimum atomic E-state index is -0.830. The van der Waals surface area contributed by atoms with E-state index in [-0.39, 0.29) is 17.7 Å². The molecular formula is C22H22N2O4. The second kappa shape index (κ2) is 7.84. The normalized spacial score (nSPS) is 18.4. The second-order valence-electron chi connectivity index (χ2n) is 7.29. The summed E-state index contributed by atoms with van der Waals surface area (Å²) in [6, 6.07) is 14.6. The van der Waals surface area contributed by atoms with Crippen molar-refractivity contribution >= 4 is 23.5 Å². The van der Waals surface area contributed by atoms with Crippen molar-refractivity contribution < 1.29 is 19.1 Å². The SMILES string of the molecule is O=C1OC(C(=O)NCc2cccc(NC(=O)C3CCC3)c2)Cc2ccccc21. The smallest absolute Gasteiger partial charge is 0.339 e. The number of fused-ring (bicyclic) bond motifs is 1. The molecule has 6 nitrogen and oxygen atoms in total. The van der Waals surface area contributed by atoms with E-state index in [4.69, 9.17) is 4.74 Å². The summed E-state index contributed by atoms with van der Waals surface area (Å²) in [5, 5.41) is 5.75. The van der Waals surface area contributed by atoms with Crippen LogP contribution in [0.2, 0.25) is 0 Å². The van der Waals surface area contributed by atoms with Crippen molar-refractivity contribution in [3.63, 3.8) is 0 Å². The minimum absolute atomic E-state index is 0.0558. The third-order valence-electron chi connectivity index (χ3n) is 5.32. The van der Waals surface area contributed by atoms with Crippen LogP contribution in [-0.4, -0.2) is 23.9 Å². The van der Waals surface area contributed by atoms with Gasteiger partial charge in [-0.25, -0.2) is 4.79 Å². The van der Waals surface area contributed by atoms with Crippen molar-refractivity contribution in [2.45, 2.75) is 38.3 Å². The molecule has 0 aromatic heterocycles. The summed E-state index contributed by atoms with van der Waals surface area (Å²) in [6.07, 6.45) is 2.55. The fourth-order valence-corrected chi connectivity index (χ4v) is 3.45. The van der Waals surface area contributed by atoms with Crippen LogP contribution in [0.15, 0.2) is 48.5 Å². The number of carbonyl (C=O) groups is 3. The Morgan fingerprint density at radius 2 is 1.86 bits per heavy atom. The lowest BCUT2D eigenvalue weighted by Crippen LogP contribution is -2.41. The van der Waals surface area contributed by atoms with Gasteiger partial charge in [-0.1, -0.05) is 36.8 Å². The minimum Gasteiger partial charge on any atom is -0.448 e. The maximum atomic E-state index is 12.5. The van der Waals surface area contributed by atoms with Crippen LogP contribution in [0.3, 0.4) is 0 Å². The number of benzene rings is 2. The fourth-order valence-electron chi connectivity index (χ4n) is 3.45. The molecule has 0 radical (unpaired) electrons. The van der Waals surface area contributed by atoms with Crippen LogP contribution in [0, 0.1) is 5.92 Å². The molecule has 1 aliphatic carbocycles. The van der Waals surface area contributed by atoms with Crippen LogP contribution in [0.25, 0.3) is 0 Å². The van der Waals surface area contributed by atoms with Gasteiger partial charge in [-0.15, -0.1) is 0 Å². The Morgan fingerprint density at radius 3 is 2.64 bits per heavy atom. The number of esters is 1. The molecule has 144 valence electrons. The summed E-state index contributed by atoms with van der Waals surface area (Å²) >= 11 is 0. The predicted molar refractivity (Wildman–Crippen MR) is 104 cm³/mol. The van der Waals surface area contributed by atoms with Gasteiger partial charge in [0.05, 0.1) is 5.56 Å². The van der Waals surface area contributed by atoms with Crippen LogP contribution < -0.4 is 10.6 Å². The van der Waals surface area contributed by atoms with Crippen LogP contribution in [0.5, 0.6) is 0 Å². The van der Waals surface area contributed by atoms with Crippen molar-refractivity contribution in [2.24, 2.45) is 5.92 Å². The lowest BCUT2D eigenvalue weighted by Gasteiger charge is -2.24. The van der Waals surface area contributed by atoms with Gasteiger partial charge < -0.3 is 15.4 Å². The number of hydrogen-bond acceptors (Lipinski definition) is 4. The number of ether oxygens (including phenoxy) is 1. The van der Waals surface area contributed by atoms with Gasteiger partial charge in [-0.05, 0) is 42.2 Å². The fraction of sp³-hybridized carbons (Fsp3) is 0.318. The molecule has 2 aromatic carbocycles. The summed E-state index contributed by atoms with van der Waals surface area (Å²) in [5.74, 6) is -0.623. The second-order valence-corrected chi connectivity index (χ2v) is 7.29. The van der Waals surface area contributed by atoms with Gasteiger partial charge in [0.1, 0.15) is 0 Å². The first-order valence-electron chi connectivity index (χ1n) is 9.56. The van der Waals surface area contributed by atoms with Gasteiger partial charge in [0.15, 0.2) is 6.10 Å². The highest BCUT2D eigenvalue weighted by Gasteiger charge is 2.30. The van der Waals surface area contributed by atoms with Gasteiger partial charge in [0.25, 0.3) is 5.91 Å². The molecule has 2 aromatic rings. The maximum absolute atomic E-state index is 12.5. The van der Waals surface area contributed by atoms with E-state index < -0.39 is 12.1 Å². The van der Waals surface area contributed by atoms with E-state index >= 15 is 0 Å². The molecule has 1 unspecified atom stereocenters. The molecule has 4 rings (SSSR count). The Bertz CT molecular complexity index is 920. The van der Waals surface area contributed by atoms with Crippen molar-refractivity contribution in [1.29, 1.82) is 0 Å². The van der Waals surface area contributed by atoms with Crippen molar-refractivity contribution in [3.05, 3.63) is 65.2 Å². The summed E-state index contributed by atoms with van der Waals surface area (Å²) in [6.45, 7) is 0.293. The Kier molecular flexibility index (Phi) is 5.10. The Labute approximate surface area is 163 Å². The number of rotatable bonds is 5. The van der Waals surface area contributed by atoms with E-state index in [1.807, 2.05) is 36.4 Å². The largest absolute Gasteiger partial charge is 0.448 e. The molecule has 2 aliphatic rings. The monoisotopic (exact) mass is 378 g/mol. The number of nitrogens with one attached hydrogen (secondary N) is 2. The van der Waals surface area contributed by atoms with E-state index in [0.29, 0.717) is 18.5 Å². The van der Waals surface area contributed by atoms with Crippen LogP contribution >= 0.6 is 0 Å². The van der Waals surface area contributed by atoms with E-state index in [9.17, 15) is 14.4 Å².